The first kappa shape index (κ1) is 15.9. The minimum absolute atomic E-state index is 0.000748. The highest BCUT2D eigenvalue weighted by Crippen LogP contribution is 2.23. The lowest BCUT2D eigenvalue weighted by Gasteiger charge is -2.13. The molecule has 1 aromatic carbocycles. The van der Waals surface area contributed by atoms with Gasteiger partial charge in [0.2, 0.25) is 5.88 Å². The fourth-order valence-electron chi connectivity index (χ4n) is 2.07. The predicted molar refractivity (Wildman–Crippen MR) is 80.3 cm³/mol. The second kappa shape index (κ2) is 7.54. The van der Waals surface area contributed by atoms with E-state index in [1.165, 1.54) is 6.07 Å². The van der Waals surface area contributed by atoms with Gasteiger partial charge in [-0.15, -0.1) is 0 Å². The first-order valence-electron chi connectivity index (χ1n) is 7.18. The molecule has 2 rings (SSSR count). The smallest absolute Gasteiger partial charge is 0.343 e. The largest absolute Gasteiger partial charge is 0.472 e. The molecule has 2 aromatic rings. The molecule has 0 saturated heterocycles. The van der Waals surface area contributed by atoms with Gasteiger partial charge in [-0.05, 0) is 31.0 Å². The summed E-state index contributed by atoms with van der Waals surface area (Å²) in [5, 5.41) is 0. The third-order valence-electron chi connectivity index (χ3n) is 3.19. The highest BCUT2D eigenvalue weighted by atomic mass is 19.1. The topological polar surface area (TPSA) is 48.4 Å². The lowest BCUT2D eigenvalue weighted by molar-refractivity contribution is 0.0518. The average molecular weight is 303 g/mol. The zero-order valence-corrected chi connectivity index (χ0v) is 12.6. The first-order valence-corrected chi connectivity index (χ1v) is 7.18. The molecule has 0 aliphatic heterocycles. The molecular weight excluding hydrogens is 285 g/mol. The number of aromatic nitrogens is 1. The van der Waals surface area contributed by atoms with Gasteiger partial charge in [0, 0.05) is 11.8 Å². The van der Waals surface area contributed by atoms with Gasteiger partial charge in [-0.3, -0.25) is 0 Å². The maximum Gasteiger partial charge on any atom is 0.343 e. The summed E-state index contributed by atoms with van der Waals surface area (Å²) in [5.41, 5.74) is 1.50. The van der Waals surface area contributed by atoms with Crippen molar-refractivity contribution in [2.24, 2.45) is 0 Å². The van der Waals surface area contributed by atoms with Gasteiger partial charge in [-0.25, -0.2) is 14.2 Å². The van der Waals surface area contributed by atoms with E-state index in [2.05, 4.69) is 4.98 Å². The molecule has 1 aromatic heterocycles. The van der Waals surface area contributed by atoms with Crippen molar-refractivity contribution in [3.8, 4) is 5.88 Å². The number of carbonyl (C=O) groups excluding carboxylic acids is 1. The molecule has 4 nitrogen and oxygen atoms in total. The van der Waals surface area contributed by atoms with Crippen LogP contribution in [0.3, 0.4) is 0 Å². The minimum atomic E-state index is -0.476. The van der Waals surface area contributed by atoms with Gasteiger partial charge in [0.05, 0.1) is 6.61 Å². The van der Waals surface area contributed by atoms with Crippen LogP contribution < -0.4 is 4.74 Å². The number of carbonyl (C=O) groups is 1. The van der Waals surface area contributed by atoms with Crippen molar-refractivity contribution in [3.05, 3.63) is 59.0 Å². The molecule has 1 heterocycles. The Hall–Kier alpha value is -2.43. The fourth-order valence-corrected chi connectivity index (χ4v) is 2.07. The number of nitrogens with zero attached hydrogens (tertiary/aromatic N) is 1. The molecule has 0 bridgehead atoms. The van der Waals surface area contributed by atoms with Crippen molar-refractivity contribution in [1.82, 2.24) is 4.98 Å². The Morgan fingerprint density at radius 2 is 1.95 bits per heavy atom. The summed E-state index contributed by atoms with van der Waals surface area (Å²) in [4.78, 5) is 16.2. The summed E-state index contributed by atoms with van der Waals surface area (Å²) in [6.07, 6.45) is 2.21. The highest BCUT2D eigenvalue weighted by Gasteiger charge is 2.19. The molecule has 0 amide bonds. The minimum Gasteiger partial charge on any atom is -0.472 e. The quantitative estimate of drug-likeness (QED) is 0.766. The first-order chi connectivity index (χ1) is 10.7. The van der Waals surface area contributed by atoms with Gasteiger partial charge < -0.3 is 9.47 Å². The molecule has 0 atom stereocenters. The molecule has 116 valence electrons. The number of esters is 1. The number of rotatable bonds is 6. The van der Waals surface area contributed by atoms with E-state index in [0.29, 0.717) is 17.5 Å². The molecule has 0 unspecified atom stereocenters. The highest BCUT2D eigenvalue weighted by molar-refractivity contribution is 5.93. The number of aryl methyl sites for hydroxylation is 1. The van der Waals surface area contributed by atoms with Crippen LogP contribution in [0.4, 0.5) is 4.39 Å². The Morgan fingerprint density at radius 1 is 1.18 bits per heavy atom. The van der Waals surface area contributed by atoms with Crippen LogP contribution in [0.5, 0.6) is 5.88 Å². The summed E-state index contributed by atoms with van der Waals surface area (Å²) in [6, 6.07) is 8.08. The van der Waals surface area contributed by atoms with Crippen molar-refractivity contribution < 1.29 is 18.7 Å². The second-order valence-corrected chi connectivity index (χ2v) is 4.60. The van der Waals surface area contributed by atoms with Gasteiger partial charge in [-0.1, -0.05) is 25.1 Å². The SMILES string of the molecule is CCOC(=O)c1c(CC)ccnc1OCc1ccccc1F. The van der Waals surface area contributed by atoms with Crippen LogP contribution in [0, 0.1) is 5.82 Å². The Morgan fingerprint density at radius 3 is 2.64 bits per heavy atom. The molecule has 0 aliphatic rings. The van der Waals surface area contributed by atoms with Crippen molar-refractivity contribution in [1.29, 1.82) is 0 Å². The van der Waals surface area contributed by atoms with Gasteiger partial charge in [0.1, 0.15) is 18.0 Å². The van der Waals surface area contributed by atoms with Crippen molar-refractivity contribution >= 4 is 5.97 Å². The zero-order valence-electron chi connectivity index (χ0n) is 12.6. The number of pyridine rings is 1. The van der Waals surface area contributed by atoms with E-state index in [0.717, 1.165) is 5.56 Å². The van der Waals surface area contributed by atoms with Crippen LogP contribution >= 0.6 is 0 Å². The molecule has 0 saturated carbocycles. The van der Waals surface area contributed by atoms with E-state index < -0.39 is 5.97 Å². The van der Waals surface area contributed by atoms with E-state index in [1.807, 2.05) is 6.92 Å². The summed E-state index contributed by atoms with van der Waals surface area (Å²) in [6.45, 7) is 3.93. The lowest BCUT2D eigenvalue weighted by Crippen LogP contribution is -2.12. The molecule has 5 heteroatoms. The lowest BCUT2D eigenvalue weighted by atomic mass is 10.1. The molecule has 0 N–H and O–H groups in total. The summed E-state index contributed by atoms with van der Waals surface area (Å²) < 4.78 is 24.2. The zero-order chi connectivity index (χ0) is 15.9. The number of ether oxygens (including phenoxy) is 2. The van der Waals surface area contributed by atoms with Crippen LogP contribution in [0.2, 0.25) is 0 Å². The Balaban J connectivity index is 2.27. The van der Waals surface area contributed by atoms with Crippen LogP contribution in [-0.2, 0) is 17.8 Å². The van der Waals surface area contributed by atoms with E-state index in [4.69, 9.17) is 9.47 Å². The van der Waals surface area contributed by atoms with Gasteiger partial charge >= 0.3 is 5.97 Å². The molecular formula is C17H18FNO3. The Labute approximate surface area is 128 Å². The van der Waals surface area contributed by atoms with Crippen LogP contribution in [-0.4, -0.2) is 17.6 Å². The standard InChI is InChI=1S/C17H18FNO3/c1-3-12-9-10-19-16(15(12)17(20)21-4-2)22-11-13-7-5-6-8-14(13)18/h5-10H,3-4,11H2,1-2H3. The van der Waals surface area contributed by atoms with Gasteiger partial charge in [-0.2, -0.15) is 0 Å². The molecule has 0 fully saturated rings. The molecule has 22 heavy (non-hydrogen) atoms. The summed E-state index contributed by atoms with van der Waals surface area (Å²) >= 11 is 0. The summed E-state index contributed by atoms with van der Waals surface area (Å²) in [5.74, 6) is -0.663. The average Bonchev–Trinajstić information content (AvgIpc) is 2.53. The van der Waals surface area contributed by atoms with Crippen molar-refractivity contribution in [2.45, 2.75) is 26.9 Å². The van der Waals surface area contributed by atoms with E-state index in [-0.39, 0.29) is 24.9 Å². The third kappa shape index (κ3) is 3.61. The monoisotopic (exact) mass is 303 g/mol. The number of benzene rings is 1. The second-order valence-electron chi connectivity index (χ2n) is 4.60. The van der Waals surface area contributed by atoms with E-state index in [9.17, 15) is 9.18 Å². The molecule has 0 aliphatic carbocycles. The van der Waals surface area contributed by atoms with Crippen LogP contribution in [0.1, 0.15) is 35.3 Å². The molecule has 0 spiro atoms. The number of hydrogen-bond acceptors (Lipinski definition) is 4. The van der Waals surface area contributed by atoms with Crippen molar-refractivity contribution in [2.75, 3.05) is 6.61 Å². The van der Waals surface area contributed by atoms with E-state index in [1.54, 1.807) is 37.4 Å². The van der Waals surface area contributed by atoms with Crippen molar-refractivity contribution in [3.63, 3.8) is 0 Å². The maximum absolute atomic E-state index is 13.6. The fraction of sp³-hybridized carbons (Fsp3) is 0.294. The predicted octanol–water partition coefficient (Wildman–Crippen LogP) is 3.54. The Bertz CT molecular complexity index is 658. The maximum atomic E-state index is 13.6. The third-order valence-corrected chi connectivity index (χ3v) is 3.19. The van der Waals surface area contributed by atoms with Gasteiger partial charge in [0.15, 0.2) is 0 Å². The molecule has 0 radical (unpaired) electrons. The van der Waals surface area contributed by atoms with Gasteiger partial charge in [0.25, 0.3) is 0 Å². The normalized spacial score (nSPS) is 10.3. The number of halogens is 1. The van der Waals surface area contributed by atoms with E-state index >= 15 is 0 Å². The number of hydrogen-bond donors (Lipinski definition) is 0. The van der Waals surface area contributed by atoms with Crippen LogP contribution in [0.15, 0.2) is 36.5 Å². The summed E-state index contributed by atoms with van der Waals surface area (Å²) in [7, 11) is 0. The van der Waals surface area contributed by atoms with Crippen LogP contribution in [0.25, 0.3) is 0 Å². The Kier molecular flexibility index (Phi) is 5.47.